The molecule has 160 valence electrons. The smallest absolute Gasteiger partial charge is 0.475 e. The lowest BCUT2D eigenvalue weighted by Crippen LogP contribution is -2.21. The number of pyridine rings is 1. The molecule has 0 spiro atoms. The summed E-state index contributed by atoms with van der Waals surface area (Å²) < 4.78 is 31.7. The minimum atomic E-state index is -5.08. The van der Waals surface area contributed by atoms with Gasteiger partial charge in [-0.2, -0.15) is 13.2 Å². The Hall–Kier alpha value is -3.17. The lowest BCUT2D eigenvalue weighted by Gasteiger charge is -2.19. The number of fused-ring (bicyclic) bond motifs is 1. The Kier molecular flexibility index (Phi) is 6.53. The highest BCUT2D eigenvalue weighted by Gasteiger charge is 2.38. The van der Waals surface area contributed by atoms with Gasteiger partial charge in [-0.15, -0.1) is 0 Å². The van der Waals surface area contributed by atoms with E-state index in [1.54, 1.807) is 6.33 Å². The molecule has 3 aromatic rings. The van der Waals surface area contributed by atoms with Crippen molar-refractivity contribution in [2.75, 3.05) is 18.0 Å². The number of halogens is 3. The van der Waals surface area contributed by atoms with Gasteiger partial charge in [-0.1, -0.05) is 6.92 Å². The molecule has 1 saturated heterocycles. The first-order valence-corrected chi connectivity index (χ1v) is 9.54. The van der Waals surface area contributed by atoms with Crippen LogP contribution in [0.2, 0.25) is 0 Å². The summed E-state index contributed by atoms with van der Waals surface area (Å²) in [5.41, 5.74) is 3.62. The van der Waals surface area contributed by atoms with Crippen LogP contribution in [0.1, 0.15) is 24.5 Å². The molecule has 1 atom stereocenters. The molecule has 0 aliphatic carbocycles. The van der Waals surface area contributed by atoms with Crippen LogP contribution < -0.4 is 4.90 Å². The van der Waals surface area contributed by atoms with Crippen molar-refractivity contribution in [3.05, 3.63) is 48.2 Å². The highest BCUT2D eigenvalue weighted by molar-refractivity contribution is 5.90. The molecule has 1 fully saturated rings. The zero-order chi connectivity index (χ0) is 21.7. The van der Waals surface area contributed by atoms with E-state index in [9.17, 15) is 13.2 Å². The van der Waals surface area contributed by atoms with E-state index in [2.05, 4.69) is 50.1 Å². The van der Waals surface area contributed by atoms with Gasteiger partial charge in [-0.3, -0.25) is 4.98 Å². The zero-order valence-electron chi connectivity index (χ0n) is 16.4. The van der Waals surface area contributed by atoms with Gasteiger partial charge in [0.05, 0.1) is 5.39 Å². The maximum Gasteiger partial charge on any atom is 0.490 e. The predicted octanol–water partition coefficient (Wildman–Crippen LogP) is 3.62. The number of anilines is 1. The van der Waals surface area contributed by atoms with Gasteiger partial charge in [0.2, 0.25) is 0 Å². The molecule has 2 N–H and O–H groups in total. The van der Waals surface area contributed by atoms with Crippen LogP contribution in [0.25, 0.3) is 11.0 Å². The van der Waals surface area contributed by atoms with Gasteiger partial charge in [0.25, 0.3) is 0 Å². The Morgan fingerprint density at radius 1 is 1.30 bits per heavy atom. The summed E-state index contributed by atoms with van der Waals surface area (Å²) in [5.74, 6) is -0.996. The lowest BCUT2D eigenvalue weighted by molar-refractivity contribution is -0.192. The molecule has 7 nitrogen and oxygen atoms in total. The summed E-state index contributed by atoms with van der Waals surface area (Å²) in [6, 6.07) is 4.24. The fourth-order valence-corrected chi connectivity index (χ4v) is 3.57. The lowest BCUT2D eigenvalue weighted by atomic mass is 10.00. The number of aromatic amines is 1. The molecule has 1 aliphatic heterocycles. The van der Waals surface area contributed by atoms with Crippen LogP contribution in [-0.4, -0.2) is 50.3 Å². The summed E-state index contributed by atoms with van der Waals surface area (Å²) in [6.45, 7) is 4.30. The maximum atomic E-state index is 10.6. The standard InChI is InChI=1S/C18H21N5.C2HF3O2/c1-2-15-10-20-17-16(15)18(22-12-21-17)23-8-5-14(11-23)9-13-3-6-19-7-4-13;3-2(4,5)1(6)7/h3-4,6-7,10,12,14H,2,5,8-9,11H2,1H3,(H,20,21,22);(H,6,7). The van der Waals surface area contributed by atoms with Crippen molar-refractivity contribution in [1.29, 1.82) is 0 Å². The Morgan fingerprint density at radius 2 is 2.00 bits per heavy atom. The number of carboxylic acid groups (broad SMARTS) is 1. The number of carboxylic acids is 1. The fraction of sp³-hybridized carbons (Fsp3) is 0.400. The molecule has 0 bridgehead atoms. The van der Waals surface area contributed by atoms with Crippen molar-refractivity contribution in [3.63, 3.8) is 0 Å². The van der Waals surface area contributed by atoms with Gasteiger partial charge in [-0.05, 0) is 48.4 Å². The van der Waals surface area contributed by atoms with Crippen LogP contribution in [-0.2, 0) is 17.6 Å². The minimum absolute atomic E-state index is 0.673. The summed E-state index contributed by atoms with van der Waals surface area (Å²) in [5, 5.41) is 8.32. The van der Waals surface area contributed by atoms with Crippen molar-refractivity contribution in [1.82, 2.24) is 19.9 Å². The van der Waals surface area contributed by atoms with Crippen LogP contribution in [0.5, 0.6) is 0 Å². The Labute approximate surface area is 171 Å². The number of aliphatic carboxylic acids is 1. The highest BCUT2D eigenvalue weighted by atomic mass is 19.4. The van der Waals surface area contributed by atoms with E-state index >= 15 is 0 Å². The molecule has 0 saturated carbocycles. The molecular weight excluding hydrogens is 399 g/mol. The zero-order valence-corrected chi connectivity index (χ0v) is 16.4. The van der Waals surface area contributed by atoms with Gasteiger partial charge in [0, 0.05) is 31.7 Å². The van der Waals surface area contributed by atoms with Crippen LogP contribution in [0, 0.1) is 5.92 Å². The van der Waals surface area contributed by atoms with Crippen molar-refractivity contribution < 1.29 is 23.1 Å². The number of hydrogen-bond donors (Lipinski definition) is 2. The molecule has 0 amide bonds. The van der Waals surface area contributed by atoms with Crippen LogP contribution >= 0.6 is 0 Å². The van der Waals surface area contributed by atoms with Crippen LogP contribution in [0.3, 0.4) is 0 Å². The first-order chi connectivity index (χ1) is 14.3. The third-order valence-corrected chi connectivity index (χ3v) is 5.01. The quantitative estimate of drug-likeness (QED) is 0.668. The van der Waals surface area contributed by atoms with E-state index in [1.807, 2.05) is 12.4 Å². The summed E-state index contributed by atoms with van der Waals surface area (Å²) in [7, 11) is 0. The van der Waals surface area contributed by atoms with E-state index in [-0.39, 0.29) is 0 Å². The van der Waals surface area contributed by atoms with Gasteiger partial charge in [0.15, 0.2) is 0 Å². The van der Waals surface area contributed by atoms with Gasteiger partial charge in [-0.25, -0.2) is 14.8 Å². The molecule has 1 unspecified atom stereocenters. The molecule has 0 radical (unpaired) electrons. The van der Waals surface area contributed by atoms with Crippen LogP contribution in [0.15, 0.2) is 37.1 Å². The van der Waals surface area contributed by atoms with Crippen molar-refractivity contribution in [2.45, 2.75) is 32.4 Å². The number of alkyl halides is 3. The van der Waals surface area contributed by atoms with E-state index in [0.717, 1.165) is 37.4 Å². The average Bonchev–Trinajstić information content (AvgIpc) is 3.35. The van der Waals surface area contributed by atoms with Crippen molar-refractivity contribution in [2.24, 2.45) is 5.92 Å². The fourth-order valence-electron chi connectivity index (χ4n) is 3.57. The number of carbonyl (C=O) groups is 1. The highest BCUT2D eigenvalue weighted by Crippen LogP contribution is 2.31. The number of nitrogens with zero attached hydrogens (tertiary/aromatic N) is 4. The monoisotopic (exact) mass is 421 g/mol. The molecule has 4 heterocycles. The first kappa shape index (κ1) is 21.5. The Bertz CT molecular complexity index is 991. The first-order valence-electron chi connectivity index (χ1n) is 9.54. The number of aromatic nitrogens is 4. The number of nitrogens with one attached hydrogen (secondary N) is 1. The molecule has 3 aromatic heterocycles. The molecule has 10 heteroatoms. The van der Waals surface area contributed by atoms with Gasteiger partial charge in [0.1, 0.15) is 17.8 Å². The van der Waals surface area contributed by atoms with Crippen LogP contribution in [0.4, 0.5) is 19.0 Å². The Balaban J connectivity index is 0.000000318. The number of aryl methyl sites for hydroxylation is 1. The Morgan fingerprint density at radius 3 is 2.63 bits per heavy atom. The van der Waals surface area contributed by atoms with Crippen molar-refractivity contribution in [3.8, 4) is 0 Å². The molecular formula is C20H22F3N5O2. The topological polar surface area (TPSA) is 95.0 Å². The predicted molar refractivity (Wildman–Crippen MR) is 105 cm³/mol. The molecule has 1 aliphatic rings. The van der Waals surface area contributed by atoms with E-state index in [1.165, 1.54) is 22.9 Å². The third-order valence-electron chi connectivity index (χ3n) is 5.01. The maximum absolute atomic E-state index is 10.6. The van der Waals surface area contributed by atoms with E-state index < -0.39 is 12.1 Å². The van der Waals surface area contributed by atoms with Gasteiger partial charge < -0.3 is 15.0 Å². The summed E-state index contributed by atoms with van der Waals surface area (Å²) in [6.07, 6.45) is 5.72. The minimum Gasteiger partial charge on any atom is -0.475 e. The second-order valence-electron chi connectivity index (χ2n) is 7.05. The van der Waals surface area contributed by atoms with E-state index in [4.69, 9.17) is 9.90 Å². The second kappa shape index (κ2) is 9.10. The van der Waals surface area contributed by atoms with Crippen molar-refractivity contribution >= 4 is 22.8 Å². The number of hydrogen-bond acceptors (Lipinski definition) is 5. The summed E-state index contributed by atoms with van der Waals surface area (Å²) >= 11 is 0. The number of rotatable bonds is 4. The normalized spacial score (nSPS) is 16.4. The van der Waals surface area contributed by atoms with Gasteiger partial charge >= 0.3 is 12.1 Å². The third kappa shape index (κ3) is 5.05. The largest absolute Gasteiger partial charge is 0.490 e. The SMILES string of the molecule is CCc1c[nH]c2ncnc(N3CCC(Cc4ccncc4)C3)c12.O=C(O)C(F)(F)F. The average molecular weight is 421 g/mol. The molecule has 30 heavy (non-hydrogen) atoms. The summed E-state index contributed by atoms with van der Waals surface area (Å²) in [4.78, 5) is 27.6. The number of H-pyrrole nitrogens is 1. The molecule has 4 rings (SSSR count). The molecule has 0 aromatic carbocycles. The van der Waals surface area contributed by atoms with E-state index in [0.29, 0.717) is 5.92 Å². The second-order valence-corrected chi connectivity index (χ2v) is 7.05.